The number of hydroxylamine groups is 1. The lowest BCUT2D eigenvalue weighted by Gasteiger charge is -2.31. The summed E-state index contributed by atoms with van der Waals surface area (Å²) in [6.45, 7) is 3.12. The first-order valence-electron chi connectivity index (χ1n) is 22.4. The van der Waals surface area contributed by atoms with Crippen molar-refractivity contribution in [1.82, 2.24) is 47.6 Å². The molecule has 2 saturated heterocycles. The van der Waals surface area contributed by atoms with Gasteiger partial charge in [-0.25, -0.2) is 5.48 Å². The number of carbonyl (C=O) groups excluding carboxylic acids is 11. The van der Waals surface area contributed by atoms with Crippen molar-refractivity contribution in [3.05, 3.63) is 35.9 Å². The molecule has 2 aliphatic rings. The Morgan fingerprint density at radius 2 is 1.48 bits per heavy atom. The molecule has 1 aromatic rings. The van der Waals surface area contributed by atoms with Crippen LogP contribution in [0.5, 0.6) is 0 Å². The fourth-order valence-corrected chi connectivity index (χ4v) is 9.54. The van der Waals surface area contributed by atoms with Gasteiger partial charge in [-0.2, -0.15) is 0 Å². The Hall–Kier alpha value is -6.03. The number of nitrogens with one attached hydrogen (secondary N) is 8. The number of likely N-dealkylation sites (tertiary alicyclic amines) is 1. The Morgan fingerprint density at radius 3 is 2.12 bits per heavy atom. The number of amides is 11. The lowest BCUT2D eigenvalue weighted by atomic mass is 9.96. The summed E-state index contributed by atoms with van der Waals surface area (Å²) >= 11 is 0. The van der Waals surface area contributed by atoms with E-state index in [-0.39, 0.29) is 43.9 Å². The van der Waals surface area contributed by atoms with Crippen LogP contribution in [0.2, 0.25) is 0 Å². The summed E-state index contributed by atoms with van der Waals surface area (Å²) in [5, 5.41) is 27.0. The number of hydrogen-bond donors (Lipinski definition) is 13. The van der Waals surface area contributed by atoms with E-state index < -0.39 is 145 Å². The fraction of sp³-hybridized carbons (Fsp3) is 0.595. The summed E-state index contributed by atoms with van der Waals surface area (Å²) in [4.78, 5) is 148. The number of nitrogens with two attached hydrogens (primary N) is 4. The minimum Gasteiger partial charge on any atom is -0.370 e. The molecular formula is C42H65N13O12S2. The highest BCUT2D eigenvalue weighted by Gasteiger charge is 2.41. The Morgan fingerprint density at radius 1 is 0.841 bits per heavy atom. The van der Waals surface area contributed by atoms with Gasteiger partial charge >= 0.3 is 0 Å². The van der Waals surface area contributed by atoms with Crippen molar-refractivity contribution in [1.29, 1.82) is 0 Å². The minimum absolute atomic E-state index is 0.0136. The molecule has 27 heteroatoms. The van der Waals surface area contributed by atoms with Crippen molar-refractivity contribution < 1.29 is 57.9 Å². The summed E-state index contributed by atoms with van der Waals surface area (Å²) in [7, 11) is 2.05. The maximum Gasteiger partial charge on any atom is 0.246 e. The molecule has 2 heterocycles. The standard InChI is InChI=1S/C42H65N13O12S2/c1-3-22(2)34-41(65)49-26(13-14-33(58)54-67)37(61)51-28(18-31(45)56)38(62)52-29(21-69-68-20-24(44)35(59)50-27(39(63)53-34)17-23-9-5-4-6-10-23)42(66)55-16-8-12-30(55)40(64)48-25(11-7-15-43)36(60)47-19-32(46)57/h4-6,9-10,22,24-30,34,67H,3,7-8,11-21,43-44H2,1-2H3,(H2,45,56)(H2,46,57)(H,47,60)(H,48,64)(H,49,65)(H,50,59)(H,51,61)(H,52,62)(H,53,63)(H,54,58)/t22-,24-,25-,26-,27-,28-,29-,30-,34-/m0/s1. The third kappa shape index (κ3) is 18.8. The van der Waals surface area contributed by atoms with Crippen molar-refractivity contribution in [3.63, 3.8) is 0 Å². The van der Waals surface area contributed by atoms with E-state index in [1.807, 2.05) is 0 Å². The van der Waals surface area contributed by atoms with Gasteiger partial charge in [0.1, 0.15) is 42.3 Å². The van der Waals surface area contributed by atoms with Crippen molar-refractivity contribution in [2.75, 3.05) is 31.1 Å². The van der Waals surface area contributed by atoms with Gasteiger partial charge in [0.15, 0.2) is 0 Å². The van der Waals surface area contributed by atoms with E-state index in [2.05, 4.69) is 37.2 Å². The van der Waals surface area contributed by atoms with Gasteiger partial charge in [0.2, 0.25) is 65.0 Å². The molecule has 3 rings (SSSR count). The van der Waals surface area contributed by atoms with E-state index in [0.29, 0.717) is 24.8 Å². The van der Waals surface area contributed by atoms with E-state index in [4.69, 9.17) is 22.9 Å². The molecule has 17 N–H and O–H groups in total. The number of benzene rings is 1. The quantitative estimate of drug-likeness (QED) is 0.0374. The lowest BCUT2D eigenvalue weighted by Crippen LogP contribution is -2.61. The molecule has 382 valence electrons. The average molecular weight is 1010 g/mol. The molecule has 1 aromatic carbocycles. The van der Waals surface area contributed by atoms with Crippen LogP contribution in [-0.2, 0) is 59.2 Å². The third-order valence-corrected chi connectivity index (χ3v) is 13.7. The zero-order valence-corrected chi connectivity index (χ0v) is 40.1. The highest BCUT2D eigenvalue weighted by atomic mass is 33.1. The maximum absolute atomic E-state index is 14.5. The molecule has 0 unspecified atom stereocenters. The van der Waals surface area contributed by atoms with E-state index in [9.17, 15) is 57.9 Å². The number of nitrogens with zero attached hydrogens (tertiary/aromatic N) is 1. The molecule has 9 atom stereocenters. The van der Waals surface area contributed by atoms with E-state index >= 15 is 0 Å². The largest absolute Gasteiger partial charge is 0.370 e. The van der Waals surface area contributed by atoms with Gasteiger partial charge in [-0.1, -0.05) is 72.2 Å². The van der Waals surface area contributed by atoms with E-state index in [1.54, 1.807) is 44.2 Å². The Bertz CT molecular complexity index is 2000. The monoisotopic (exact) mass is 1010 g/mol. The summed E-state index contributed by atoms with van der Waals surface area (Å²) in [6, 6.07) is -2.26. The number of carbonyl (C=O) groups is 11. The Kier molecular flexibility index (Phi) is 24.2. The molecular weight excluding hydrogens is 943 g/mol. The van der Waals surface area contributed by atoms with Crippen LogP contribution in [0.15, 0.2) is 30.3 Å². The minimum atomic E-state index is -1.78. The number of rotatable bonds is 18. The molecule has 0 aromatic heterocycles. The summed E-state index contributed by atoms with van der Waals surface area (Å²) in [5.41, 5.74) is 24.7. The van der Waals surface area contributed by atoms with Crippen LogP contribution in [0.25, 0.3) is 0 Å². The van der Waals surface area contributed by atoms with Crippen LogP contribution in [0.3, 0.4) is 0 Å². The highest BCUT2D eigenvalue weighted by molar-refractivity contribution is 8.76. The van der Waals surface area contributed by atoms with Gasteiger partial charge in [0.25, 0.3) is 0 Å². The van der Waals surface area contributed by atoms with Crippen molar-refractivity contribution in [2.45, 2.75) is 120 Å². The first kappa shape index (κ1) is 57.3. The van der Waals surface area contributed by atoms with Crippen LogP contribution in [0.4, 0.5) is 0 Å². The van der Waals surface area contributed by atoms with E-state index in [1.165, 1.54) is 10.4 Å². The van der Waals surface area contributed by atoms with Crippen LogP contribution in [0.1, 0.15) is 70.8 Å². The summed E-state index contributed by atoms with van der Waals surface area (Å²) < 4.78 is 0. The molecule has 69 heavy (non-hydrogen) atoms. The first-order valence-corrected chi connectivity index (χ1v) is 24.9. The smallest absolute Gasteiger partial charge is 0.246 e. The van der Waals surface area contributed by atoms with Gasteiger partial charge in [0.05, 0.1) is 19.0 Å². The van der Waals surface area contributed by atoms with Crippen molar-refractivity contribution >= 4 is 86.6 Å². The molecule has 0 saturated carbocycles. The molecule has 0 bridgehead atoms. The van der Waals surface area contributed by atoms with Gasteiger partial charge < -0.3 is 65.1 Å². The second-order valence-electron chi connectivity index (χ2n) is 16.6. The van der Waals surface area contributed by atoms with Crippen LogP contribution >= 0.6 is 21.6 Å². The predicted molar refractivity (Wildman–Crippen MR) is 252 cm³/mol. The van der Waals surface area contributed by atoms with E-state index in [0.717, 1.165) is 21.6 Å². The molecule has 2 aliphatic heterocycles. The van der Waals surface area contributed by atoms with Crippen molar-refractivity contribution in [2.24, 2.45) is 28.9 Å². The average Bonchev–Trinajstić information content (AvgIpc) is 3.82. The Balaban J connectivity index is 2.05. The normalized spacial score (nSPS) is 24.2. The van der Waals surface area contributed by atoms with Gasteiger partial charge in [-0.05, 0) is 50.1 Å². The summed E-state index contributed by atoms with van der Waals surface area (Å²) in [5.74, 6) is -10.5. The van der Waals surface area contributed by atoms with Crippen LogP contribution in [0, 0.1) is 5.92 Å². The fourth-order valence-electron chi connectivity index (χ4n) is 7.26. The number of hydrogen-bond acceptors (Lipinski definition) is 16. The second-order valence-corrected chi connectivity index (χ2v) is 19.1. The first-order chi connectivity index (χ1) is 32.8. The second kappa shape index (κ2) is 29.1. The third-order valence-electron chi connectivity index (χ3n) is 11.3. The summed E-state index contributed by atoms with van der Waals surface area (Å²) in [6.07, 6.45) is -0.596. The zero-order valence-electron chi connectivity index (χ0n) is 38.5. The van der Waals surface area contributed by atoms with Crippen LogP contribution < -0.4 is 65.6 Å². The molecule has 11 amide bonds. The number of primary amides is 2. The van der Waals surface area contributed by atoms with Crippen LogP contribution in [-0.4, -0.2) is 155 Å². The topological polar surface area (TPSA) is 412 Å². The maximum atomic E-state index is 14.5. The SMILES string of the molecule is CC[C@H](C)[C@@H]1NC(=O)[C@H](Cc2ccccc2)NC(=O)[C@@H](N)CSSC[C@@H](C(=O)N2CCC[C@H]2C(=O)N[C@@H](CCCN)C(=O)NCC(N)=O)NC(=O)[C@H](CC(N)=O)NC(=O)[C@H](CCC(=O)NO)NC1=O. The molecule has 0 spiro atoms. The highest BCUT2D eigenvalue weighted by Crippen LogP contribution is 2.26. The molecule has 2 fully saturated rings. The molecule has 0 radical (unpaired) electrons. The molecule has 0 aliphatic carbocycles. The zero-order chi connectivity index (χ0) is 51.2. The van der Waals surface area contributed by atoms with Gasteiger partial charge in [-0.15, -0.1) is 0 Å². The van der Waals surface area contributed by atoms with Crippen molar-refractivity contribution in [3.8, 4) is 0 Å². The van der Waals surface area contributed by atoms with Gasteiger partial charge in [-0.3, -0.25) is 57.9 Å². The molecule has 25 nitrogen and oxygen atoms in total. The Labute approximate surface area is 406 Å². The lowest BCUT2D eigenvalue weighted by molar-refractivity contribution is -0.142. The van der Waals surface area contributed by atoms with Gasteiger partial charge in [0, 0.05) is 30.9 Å². The predicted octanol–water partition coefficient (Wildman–Crippen LogP) is -4.60.